The standard InChI is InChI=1S/C11H11N3O/c1-6-13-10-3-8-5-12-4-7(8)2-9(10)11(15)14-6/h2-3,12H,4-5H2,1H3,(H,13,14,15). The molecule has 0 amide bonds. The van der Waals surface area contributed by atoms with E-state index in [1.807, 2.05) is 12.1 Å². The van der Waals surface area contributed by atoms with Crippen molar-refractivity contribution in [3.05, 3.63) is 39.4 Å². The minimum atomic E-state index is -0.0489. The van der Waals surface area contributed by atoms with Crippen LogP contribution in [-0.2, 0) is 13.1 Å². The molecule has 1 aromatic carbocycles. The average Bonchev–Trinajstić information content (AvgIpc) is 2.61. The number of aromatic amines is 1. The quantitative estimate of drug-likeness (QED) is 0.664. The Balaban J connectivity index is 2.43. The van der Waals surface area contributed by atoms with Gasteiger partial charge < -0.3 is 10.3 Å². The number of benzene rings is 1. The van der Waals surface area contributed by atoms with Crippen molar-refractivity contribution in [2.24, 2.45) is 0 Å². The van der Waals surface area contributed by atoms with Gasteiger partial charge in [-0.15, -0.1) is 0 Å². The lowest BCUT2D eigenvalue weighted by molar-refractivity contribution is 0.765. The largest absolute Gasteiger partial charge is 0.310 e. The van der Waals surface area contributed by atoms with Gasteiger partial charge in [0, 0.05) is 13.1 Å². The van der Waals surface area contributed by atoms with Crippen molar-refractivity contribution < 1.29 is 0 Å². The second-order valence-electron chi connectivity index (χ2n) is 3.89. The number of H-pyrrole nitrogens is 1. The molecule has 0 atom stereocenters. The van der Waals surface area contributed by atoms with Crippen molar-refractivity contribution >= 4 is 10.9 Å². The highest BCUT2D eigenvalue weighted by Gasteiger charge is 2.12. The van der Waals surface area contributed by atoms with E-state index in [0.717, 1.165) is 18.6 Å². The second-order valence-corrected chi connectivity index (χ2v) is 3.89. The molecular weight excluding hydrogens is 190 g/mol. The Kier molecular flexibility index (Phi) is 1.67. The molecule has 1 aliphatic heterocycles. The summed E-state index contributed by atoms with van der Waals surface area (Å²) in [7, 11) is 0. The van der Waals surface area contributed by atoms with E-state index in [0.29, 0.717) is 11.2 Å². The lowest BCUT2D eigenvalue weighted by Gasteiger charge is -2.02. The molecule has 0 aliphatic carbocycles. The van der Waals surface area contributed by atoms with Gasteiger partial charge in [0.05, 0.1) is 10.9 Å². The molecular formula is C11H11N3O. The summed E-state index contributed by atoms with van der Waals surface area (Å²) in [5.74, 6) is 0.665. The van der Waals surface area contributed by atoms with Crippen LogP contribution in [0.25, 0.3) is 10.9 Å². The van der Waals surface area contributed by atoms with Gasteiger partial charge in [-0.05, 0) is 30.2 Å². The first-order valence-electron chi connectivity index (χ1n) is 4.97. The molecule has 3 rings (SSSR count). The normalized spacial score (nSPS) is 14.5. The maximum Gasteiger partial charge on any atom is 0.258 e. The molecule has 1 aromatic heterocycles. The van der Waals surface area contributed by atoms with Gasteiger partial charge in [0.15, 0.2) is 0 Å². The molecule has 0 bridgehead atoms. The molecule has 0 fully saturated rings. The molecule has 0 saturated carbocycles. The fourth-order valence-electron chi connectivity index (χ4n) is 2.05. The number of nitrogens with one attached hydrogen (secondary N) is 2. The Hall–Kier alpha value is -1.68. The van der Waals surface area contributed by atoms with Crippen LogP contribution in [0.3, 0.4) is 0 Å². The van der Waals surface area contributed by atoms with Crippen molar-refractivity contribution in [2.45, 2.75) is 20.0 Å². The van der Waals surface area contributed by atoms with Gasteiger partial charge in [-0.3, -0.25) is 4.79 Å². The van der Waals surface area contributed by atoms with Crippen LogP contribution in [-0.4, -0.2) is 9.97 Å². The summed E-state index contributed by atoms with van der Waals surface area (Å²) < 4.78 is 0. The van der Waals surface area contributed by atoms with Crippen LogP contribution in [0, 0.1) is 6.92 Å². The van der Waals surface area contributed by atoms with Crippen LogP contribution >= 0.6 is 0 Å². The minimum absolute atomic E-state index is 0.0489. The number of hydrogen-bond donors (Lipinski definition) is 2. The lowest BCUT2D eigenvalue weighted by Crippen LogP contribution is -2.10. The van der Waals surface area contributed by atoms with Crippen molar-refractivity contribution in [3.8, 4) is 0 Å². The maximum absolute atomic E-state index is 11.7. The molecule has 0 radical (unpaired) electrons. The summed E-state index contributed by atoms with van der Waals surface area (Å²) in [6.45, 7) is 3.52. The first-order valence-corrected chi connectivity index (χ1v) is 4.97. The Morgan fingerprint density at radius 3 is 2.80 bits per heavy atom. The number of hydrogen-bond acceptors (Lipinski definition) is 3. The van der Waals surface area contributed by atoms with Crippen LogP contribution in [0.5, 0.6) is 0 Å². The Morgan fingerprint density at radius 1 is 1.27 bits per heavy atom. The lowest BCUT2D eigenvalue weighted by atomic mass is 10.1. The molecule has 15 heavy (non-hydrogen) atoms. The van der Waals surface area contributed by atoms with Gasteiger partial charge >= 0.3 is 0 Å². The number of rotatable bonds is 0. The summed E-state index contributed by atoms with van der Waals surface area (Å²) in [6.07, 6.45) is 0. The van der Waals surface area contributed by atoms with Gasteiger partial charge in [-0.25, -0.2) is 4.98 Å². The van der Waals surface area contributed by atoms with E-state index < -0.39 is 0 Å². The summed E-state index contributed by atoms with van der Waals surface area (Å²) in [5, 5.41) is 3.94. The number of fused-ring (bicyclic) bond motifs is 2. The minimum Gasteiger partial charge on any atom is -0.310 e. The van der Waals surface area contributed by atoms with Crippen LogP contribution < -0.4 is 10.9 Å². The molecule has 2 heterocycles. The highest BCUT2D eigenvalue weighted by atomic mass is 16.1. The molecule has 76 valence electrons. The van der Waals surface area contributed by atoms with Crippen molar-refractivity contribution in [3.63, 3.8) is 0 Å². The Bertz CT molecular complexity index is 601. The monoisotopic (exact) mass is 201 g/mol. The van der Waals surface area contributed by atoms with Crippen LogP contribution in [0.1, 0.15) is 17.0 Å². The summed E-state index contributed by atoms with van der Waals surface area (Å²) in [6, 6.07) is 3.95. The van der Waals surface area contributed by atoms with Crippen LogP contribution in [0.15, 0.2) is 16.9 Å². The topological polar surface area (TPSA) is 57.8 Å². The third kappa shape index (κ3) is 1.26. The Labute approximate surface area is 86.4 Å². The molecule has 2 aromatic rings. The molecule has 4 heteroatoms. The third-order valence-electron chi connectivity index (χ3n) is 2.78. The predicted molar refractivity (Wildman–Crippen MR) is 57.6 cm³/mol. The number of aryl methyl sites for hydroxylation is 1. The summed E-state index contributed by atoms with van der Waals surface area (Å²) in [4.78, 5) is 18.7. The van der Waals surface area contributed by atoms with E-state index >= 15 is 0 Å². The van der Waals surface area contributed by atoms with Crippen molar-refractivity contribution in [2.75, 3.05) is 0 Å². The zero-order valence-corrected chi connectivity index (χ0v) is 8.42. The van der Waals surface area contributed by atoms with Gasteiger partial charge in [-0.1, -0.05) is 0 Å². The Morgan fingerprint density at radius 2 is 2.00 bits per heavy atom. The van der Waals surface area contributed by atoms with E-state index in [1.54, 1.807) is 6.92 Å². The van der Waals surface area contributed by atoms with E-state index in [2.05, 4.69) is 15.3 Å². The molecule has 0 spiro atoms. The van der Waals surface area contributed by atoms with Crippen molar-refractivity contribution in [1.82, 2.24) is 15.3 Å². The predicted octanol–water partition coefficient (Wildman–Crippen LogP) is 0.835. The summed E-state index contributed by atoms with van der Waals surface area (Å²) in [5.41, 5.74) is 3.20. The van der Waals surface area contributed by atoms with Gasteiger partial charge in [0.2, 0.25) is 0 Å². The number of aromatic nitrogens is 2. The number of nitrogens with zero attached hydrogens (tertiary/aromatic N) is 1. The van der Waals surface area contributed by atoms with E-state index in [-0.39, 0.29) is 5.56 Å². The molecule has 0 unspecified atom stereocenters. The fraction of sp³-hybridized carbons (Fsp3) is 0.273. The van der Waals surface area contributed by atoms with Gasteiger partial charge in [-0.2, -0.15) is 0 Å². The van der Waals surface area contributed by atoms with Crippen LogP contribution in [0.4, 0.5) is 0 Å². The van der Waals surface area contributed by atoms with Gasteiger partial charge in [0.1, 0.15) is 5.82 Å². The zero-order valence-electron chi connectivity index (χ0n) is 8.42. The second kappa shape index (κ2) is 2.90. The highest BCUT2D eigenvalue weighted by Crippen LogP contribution is 2.19. The highest BCUT2D eigenvalue weighted by molar-refractivity contribution is 5.79. The average molecular weight is 201 g/mol. The smallest absolute Gasteiger partial charge is 0.258 e. The van der Waals surface area contributed by atoms with Crippen molar-refractivity contribution in [1.29, 1.82) is 0 Å². The summed E-state index contributed by atoms with van der Waals surface area (Å²) >= 11 is 0. The first-order chi connectivity index (χ1) is 7.24. The zero-order chi connectivity index (χ0) is 10.4. The fourth-order valence-corrected chi connectivity index (χ4v) is 2.05. The third-order valence-corrected chi connectivity index (χ3v) is 2.78. The SMILES string of the molecule is Cc1nc2cc3c(cc2c(=O)[nH]1)CNC3. The molecule has 1 aliphatic rings. The molecule has 0 saturated heterocycles. The molecule has 2 N–H and O–H groups in total. The van der Waals surface area contributed by atoms with E-state index in [1.165, 1.54) is 11.1 Å². The molecule has 4 nitrogen and oxygen atoms in total. The van der Waals surface area contributed by atoms with Gasteiger partial charge in [0.25, 0.3) is 5.56 Å². The van der Waals surface area contributed by atoms with E-state index in [4.69, 9.17) is 0 Å². The first kappa shape index (κ1) is 8.61. The van der Waals surface area contributed by atoms with Crippen LogP contribution in [0.2, 0.25) is 0 Å². The van der Waals surface area contributed by atoms with E-state index in [9.17, 15) is 4.79 Å². The maximum atomic E-state index is 11.7.